The SMILES string of the molecule is CCCCCCCCCCC(CCCCCCCC)C(C)(C)OCC. The maximum Gasteiger partial charge on any atom is 0.0654 e. The highest BCUT2D eigenvalue weighted by molar-refractivity contribution is 4.79. The standard InChI is InChI=1S/C24H50O/c1-6-9-11-13-15-16-18-20-22-23(24(4,5)25-8-3)21-19-17-14-12-10-7-2/h23H,6-22H2,1-5H3. The van der Waals surface area contributed by atoms with Crippen molar-refractivity contribution in [3.8, 4) is 0 Å². The first kappa shape index (κ1) is 25.0. The summed E-state index contributed by atoms with van der Waals surface area (Å²) >= 11 is 0. The van der Waals surface area contributed by atoms with Gasteiger partial charge in [-0.05, 0) is 39.5 Å². The Labute approximate surface area is 160 Å². The van der Waals surface area contributed by atoms with Crippen LogP contribution in [0.5, 0.6) is 0 Å². The van der Waals surface area contributed by atoms with Gasteiger partial charge in [0.25, 0.3) is 0 Å². The number of rotatable bonds is 19. The highest BCUT2D eigenvalue weighted by Crippen LogP contribution is 2.31. The molecule has 0 aromatic carbocycles. The van der Waals surface area contributed by atoms with Crippen LogP contribution < -0.4 is 0 Å². The Bertz CT molecular complexity index is 259. The average molecular weight is 355 g/mol. The summed E-state index contributed by atoms with van der Waals surface area (Å²) < 4.78 is 6.11. The minimum atomic E-state index is 0.0549. The van der Waals surface area contributed by atoms with Crippen molar-refractivity contribution in [1.29, 1.82) is 0 Å². The van der Waals surface area contributed by atoms with Gasteiger partial charge in [0, 0.05) is 6.61 Å². The molecule has 1 unspecified atom stereocenters. The molecule has 25 heavy (non-hydrogen) atoms. The van der Waals surface area contributed by atoms with Gasteiger partial charge in [0.2, 0.25) is 0 Å². The molecule has 0 aliphatic carbocycles. The second-order valence-corrected chi connectivity index (χ2v) is 8.55. The lowest BCUT2D eigenvalue weighted by Crippen LogP contribution is -2.34. The van der Waals surface area contributed by atoms with Crippen LogP contribution in [-0.2, 0) is 4.74 Å². The summed E-state index contributed by atoms with van der Waals surface area (Å²) in [7, 11) is 0. The lowest BCUT2D eigenvalue weighted by molar-refractivity contribution is -0.0605. The Kier molecular flexibility index (Phi) is 17.3. The number of hydrogen-bond donors (Lipinski definition) is 0. The van der Waals surface area contributed by atoms with E-state index in [-0.39, 0.29) is 5.60 Å². The molecule has 0 radical (unpaired) electrons. The summed E-state index contributed by atoms with van der Waals surface area (Å²) in [5, 5.41) is 0. The van der Waals surface area contributed by atoms with E-state index in [1.54, 1.807) is 0 Å². The lowest BCUT2D eigenvalue weighted by Gasteiger charge is -2.34. The summed E-state index contributed by atoms with van der Waals surface area (Å²) in [6.45, 7) is 12.2. The monoisotopic (exact) mass is 354 g/mol. The van der Waals surface area contributed by atoms with Crippen LogP contribution in [-0.4, -0.2) is 12.2 Å². The first-order chi connectivity index (χ1) is 12.1. The predicted octanol–water partition coefficient (Wildman–Crippen LogP) is 8.70. The minimum absolute atomic E-state index is 0.0549. The molecule has 0 heterocycles. The molecular formula is C24H50O. The van der Waals surface area contributed by atoms with E-state index in [0.29, 0.717) is 0 Å². The van der Waals surface area contributed by atoms with E-state index in [4.69, 9.17) is 4.74 Å². The van der Waals surface area contributed by atoms with E-state index in [9.17, 15) is 0 Å². The third-order valence-corrected chi connectivity index (χ3v) is 5.81. The van der Waals surface area contributed by atoms with Crippen LogP contribution >= 0.6 is 0 Å². The molecule has 0 aliphatic heterocycles. The lowest BCUT2D eigenvalue weighted by atomic mass is 9.82. The smallest absolute Gasteiger partial charge is 0.0654 e. The summed E-state index contributed by atoms with van der Waals surface area (Å²) in [5.41, 5.74) is 0.0549. The fourth-order valence-electron chi connectivity index (χ4n) is 4.03. The maximum atomic E-state index is 6.11. The molecule has 0 bridgehead atoms. The second-order valence-electron chi connectivity index (χ2n) is 8.55. The quantitative estimate of drug-likeness (QED) is 0.211. The van der Waals surface area contributed by atoms with Gasteiger partial charge in [-0.2, -0.15) is 0 Å². The highest BCUT2D eigenvalue weighted by atomic mass is 16.5. The van der Waals surface area contributed by atoms with Crippen molar-refractivity contribution < 1.29 is 4.74 Å². The van der Waals surface area contributed by atoms with Crippen molar-refractivity contribution in [2.45, 2.75) is 143 Å². The van der Waals surface area contributed by atoms with Crippen LogP contribution in [0.1, 0.15) is 137 Å². The van der Waals surface area contributed by atoms with Crippen LogP contribution in [0, 0.1) is 5.92 Å². The van der Waals surface area contributed by atoms with Gasteiger partial charge < -0.3 is 4.74 Å². The fourth-order valence-corrected chi connectivity index (χ4v) is 4.03. The van der Waals surface area contributed by atoms with Gasteiger partial charge in [-0.3, -0.25) is 0 Å². The molecule has 0 spiro atoms. The van der Waals surface area contributed by atoms with Crippen LogP contribution in [0.15, 0.2) is 0 Å². The van der Waals surface area contributed by atoms with Gasteiger partial charge in [-0.15, -0.1) is 0 Å². The molecule has 1 heteroatoms. The van der Waals surface area contributed by atoms with E-state index in [0.717, 1.165) is 12.5 Å². The average Bonchev–Trinajstić information content (AvgIpc) is 2.58. The molecular weight excluding hydrogens is 304 g/mol. The van der Waals surface area contributed by atoms with E-state index in [1.165, 1.54) is 103 Å². The minimum Gasteiger partial charge on any atom is -0.376 e. The molecule has 1 atom stereocenters. The van der Waals surface area contributed by atoms with E-state index in [1.807, 2.05) is 0 Å². The van der Waals surface area contributed by atoms with Crippen LogP contribution in [0.25, 0.3) is 0 Å². The van der Waals surface area contributed by atoms with Crippen molar-refractivity contribution in [2.24, 2.45) is 5.92 Å². The first-order valence-electron chi connectivity index (χ1n) is 11.7. The van der Waals surface area contributed by atoms with Crippen molar-refractivity contribution in [3.05, 3.63) is 0 Å². The Morgan fingerprint density at radius 3 is 1.28 bits per heavy atom. The zero-order valence-corrected chi connectivity index (χ0v) is 18.5. The van der Waals surface area contributed by atoms with Crippen LogP contribution in [0.4, 0.5) is 0 Å². The van der Waals surface area contributed by atoms with Crippen molar-refractivity contribution in [1.82, 2.24) is 0 Å². The van der Waals surface area contributed by atoms with Gasteiger partial charge in [0.05, 0.1) is 5.60 Å². The molecule has 0 N–H and O–H groups in total. The zero-order valence-electron chi connectivity index (χ0n) is 18.5. The molecule has 0 saturated heterocycles. The van der Waals surface area contributed by atoms with Crippen LogP contribution in [0.3, 0.4) is 0 Å². The molecule has 0 aromatic rings. The Balaban J connectivity index is 3.98. The van der Waals surface area contributed by atoms with Gasteiger partial charge >= 0.3 is 0 Å². The molecule has 0 amide bonds. The molecule has 0 aromatic heterocycles. The highest BCUT2D eigenvalue weighted by Gasteiger charge is 2.28. The second kappa shape index (κ2) is 17.4. The zero-order chi connectivity index (χ0) is 18.8. The summed E-state index contributed by atoms with van der Waals surface area (Å²) in [6, 6.07) is 0. The summed E-state index contributed by atoms with van der Waals surface area (Å²) in [4.78, 5) is 0. The normalized spacial score (nSPS) is 13.3. The van der Waals surface area contributed by atoms with E-state index >= 15 is 0 Å². The number of ether oxygens (including phenoxy) is 1. The van der Waals surface area contributed by atoms with Crippen molar-refractivity contribution in [2.75, 3.05) is 6.61 Å². The van der Waals surface area contributed by atoms with Crippen molar-refractivity contribution in [3.63, 3.8) is 0 Å². The topological polar surface area (TPSA) is 9.23 Å². The first-order valence-corrected chi connectivity index (χ1v) is 11.7. The van der Waals surface area contributed by atoms with Crippen LogP contribution in [0.2, 0.25) is 0 Å². The molecule has 1 nitrogen and oxygen atoms in total. The van der Waals surface area contributed by atoms with Crippen molar-refractivity contribution >= 4 is 0 Å². The van der Waals surface area contributed by atoms with Gasteiger partial charge in [0.15, 0.2) is 0 Å². The Morgan fingerprint density at radius 1 is 0.560 bits per heavy atom. The summed E-state index contributed by atoms with van der Waals surface area (Å²) in [6.07, 6.45) is 22.5. The molecule has 0 rings (SSSR count). The Morgan fingerprint density at radius 2 is 0.920 bits per heavy atom. The van der Waals surface area contributed by atoms with E-state index in [2.05, 4.69) is 34.6 Å². The van der Waals surface area contributed by atoms with Gasteiger partial charge in [0.1, 0.15) is 0 Å². The molecule has 0 aliphatic rings. The fraction of sp³-hybridized carbons (Fsp3) is 1.00. The largest absolute Gasteiger partial charge is 0.376 e. The number of hydrogen-bond acceptors (Lipinski definition) is 1. The molecule has 0 fully saturated rings. The van der Waals surface area contributed by atoms with Gasteiger partial charge in [-0.25, -0.2) is 0 Å². The Hall–Kier alpha value is -0.0400. The predicted molar refractivity (Wildman–Crippen MR) is 114 cm³/mol. The number of unbranched alkanes of at least 4 members (excludes halogenated alkanes) is 12. The van der Waals surface area contributed by atoms with Gasteiger partial charge in [-0.1, -0.05) is 104 Å². The van der Waals surface area contributed by atoms with E-state index < -0.39 is 0 Å². The molecule has 0 saturated carbocycles. The third-order valence-electron chi connectivity index (χ3n) is 5.81. The maximum absolute atomic E-state index is 6.11. The summed E-state index contributed by atoms with van der Waals surface area (Å²) in [5.74, 6) is 0.735. The third kappa shape index (κ3) is 14.8. The molecule has 152 valence electrons.